The van der Waals surface area contributed by atoms with E-state index in [-0.39, 0.29) is 11.5 Å². The molecule has 0 saturated carbocycles. The number of aryl methyl sites for hydroxylation is 1. The molecule has 0 bridgehead atoms. The molecule has 0 radical (unpaired) electrons. The summed E-state index contributed by atoms with van der Waals surface area (Å²) in [7, 11) is 1.61. The zero-order chi connectivity index (χ0) is 19.7. The highest BCUT2D eigenvalue weighted by Crippen LogP contribution is 2.22. The fourth-order valence-corrected chi connectivity index (χ4v) is 3.74. The molecule has 6 nitrogen and oxygen atoms in total. The number of carbonyl (C=O) groups excluding carboxylic acids is 1. The van der Waals surface area contributed by atoms with Crippen molar-refractivity contribution in [2.45, 2.75) is 32.7 Å². The molecule has 3 aromatic rings. The van der Waals surface area contributed by atoms with Crippen LogP contribution in [0.4, 0.5) is 5.69 Å². The van der Waals surface area contributed by atoms with E-state index in [1.165, 1.54) is 0 Å². The zero-order valence-electron chi connectivity index (χ0n) is 16.1. The van der Waals surface area contributed by atoms with Crippen LogP contribution in [0.1, 0.15) is 35.9 Å². The second kappa shape index (κ2) is 7.46. The molecule has 2 heterocycles. The quantitative estimate of drug-likeness (QED) is 0.699. The Balaban J connectivity index is 1.72. The molecule has 28 heavy (non-hydrogen) atoms. The normalized spacial score (nSPS) is 13.2. The summed E-state index contributed by atoms with van der Waals surface area (Å²) in [5, 5.41) is 0.565. The summed E-state index contributed by atoms with van der Waals surface area (Å²) in [6, 6.07) is 12.6. The van der Waals surface area contributed by atoms with Gasteiger partial charge in [0.2, 0.25) is 0 Å². The maximum Gasteiger partial charge on any atom is 0.261 e. The average Bonchev–Trinajstić information content (AvgIpc) is 2.74. The number of carbonyl (C=O) groups is 1. The highest BCUT2D eigenvalue weighted by atomic mass is 16.5. The van der Waals surface area contributed by atoms with E-state index in [1.54, 1.807) is 34.8 Å². The largest absolute Gasteiger partial charge is 0.497 e. The molecule has 1 aliphatic rings. The van der Waals surface area contributed by atoms with Crippen LogP contribution in [0.3, 0.4) is 0 Å². The van der Waals surface area contributed by atoms with Crippen LogP contribution in [0.15, 0.2) is 47.3 Å². The van der Waals surface area contributed by atoms with E-state index in [0.717, 1.165) is 43.1 Å². The second-order valence-electron chi connectivity index (χ2n) is 6.92. The van der Waals surface area contributed by atoms with Crippen LogP contribution >= 0.6 is 0 Å². The maximum absolute atomic E-state index is 13.1. The molecule has 1 amide bonds. The van der Waals surface area contributed by atoms with Crippen molar-refractivity contribution in [1.29, 1.82) is 0 Å². The van der Waals surface area contributed by atoms with Crippen molar-refractivity contribution in [1.82, 2.24) is 9.55 Å². The fraction of sp³-hybridized carbons (Fsp3) is 0.318. The van der Waals surface area contributed by atoms with Crippen molar-refractivity contribution >= 4 is 22.5 Å². The number of hydrogen-bond acceptors (Lipinski definition) is 4. The SMILES string of the molecule is CCN(C(=O)c1ccc2c(=O)n3c(nc2c1)CCCC3)c1ccc(OC)cc1. The van der Waals surface area contributed by atoms with Gasteiger partial charge in [-0.1, -0.05) is 0 Å². The van der Waals surface area contributed by atoms with Gasteiger partial charge in [-0.25, -0.2) is 4.98 Å². The van der Waals surface area contributed by atoms with Crippen LogP contribution in [0.5, 0.6) is 5.75 Å². The monoisotopic (exact) mass is 377 g/mol. The van der Waals surface area contributed by atoms with E-state index in [4.69, 9.17) is 4.74 Å². The Labute approximate surface area is 163 Å². The minimum atomic E-state index is -0.116. The molecule has 0 fully saturated rings. The molecular weight excluding hydrogens is 354 g/mol. The number of amides is 1. The molecular formula is C22H23N3O3. The highest BCUT2D eigenvalue weighted by molar-refractivity contribution is 6.07. The number of aromatic nitrogens is 2. The average molecular weight is 377 g/mol. The molecule has 2 aromatic carbocycles. The lowest BCUT2D eigenvalue weighted by molar-refractivity contribution is 0.0988. The summed E-state index contributed by atoms with van der Waals surface area (Å²) in [6.45, 7) is 3.19. The third-order valence-electron chi connectivity index (χ3n) is 5.26. The first-order valence-electron chi connectivity index (χ1n) is 9.61. The molecule has 6 heteroatoms. The van der Waals surface area contributed by atoms with Crippen molar-refractivity contribution in [2.75, 3.05) is 18.6 Å². The number of nitrogens with zero attached hydrogens (tertiary/aromatic N) is 3. The first-order chi connectivity index (χ1) is 13.6. The van der Waals surface area contributed by atoms with Gasteiger partial charge in [0.15, 0.2) is 0 Å². The number of hydrogen-bond donors (Lipinski definition) is 0. The third-order valence-corrected chi connectivity index (χ3v) is 5.26. The smallest absolute Gasteiger partial charge is 0.261 e. The lowest BCUT2D eigenvalue weighted by Crippen LogP contribution is -2.31. The predicted molar refractivity (Wildman–Crippen MR) is 109 cm³/mol. The molecule has 0 atom stereocenters. The summed E-state index contributed by atoms with van der Waals surface area (Å²) < 4.78 is 6.96. The fourth-order valence-electron chi connectivity index (χ4n) is 3.74. The number of rotatable bonds is 4. The van der Waals surface area contributed by atoms with E-state index in [2.05, 4.69) is 4.98 Å². The number of fused-ring (bicyclic) bond motifs is 2. The number of ether oxygens (including phenoxy) is 1. The molecule has 0 saturated heterocycles. The van der Waals surface area contributed by atoms with Gasteiger partial charge in [-0.05, 0) is 62.2 Å². The Morgan fingerprint density at radius 3 is 2.68 bits per heavy atom. The Hall–Kier alpha value is -3.15. The Morgan fingerprint density at radius 2 is 1.96 bits per heavy atom. The summed E-state index contributed by atoms with van der Waals surface area (Å²) in [5.41, 5.74) is 1.90. The molecule has 0 unspecified atom stereocenters. The Morgan fingerprint density at radius 1 is 1.18 bits per heavy atom. The Kier molecular flexibility index (Phi) is 4.86. The van der Waals surface area contributed by atoms with Crippen LogP contribution < -0.4 is 15.2 Å². The van der Waals surface area contributed by atoms with Gasteiger partial charge in [-0.2, -0.15) is 0 Å². The summed E-state index contributed by atoms with van der Waals surface area (Å²) in [5.74, 6) is 1.44. The molecule has 0 N–H and O–H groups in total. The number of benzene rings is 2. The van der Waals surface area contributed by atoms with Gasteiger partial charge < -0.3 is 9.64 Å². The van der Waals surface area contributed by atoms with Crippen molar-refractivity contribution in [3.05, 3.63) is 64.2 Å². The van der Waals surface area contributed by atoms with Crippen molar-refractivity contribution in [2.24, 2.45) is 0 Å². The predicted octanol–water partition coefficient (Wildman–Crippen LogP) is 3.41. The number of anilines is 1. The molecule has 0 aliphatic carbocycles. The minimum absolute atomic E-state index is 0.0128. The van der Waals surface area contributed by atoms with Gasteiger partial charge in [0, 0.05) is 30.8 Å². The van der Waals surface area contributed by atoms with Crippen molar-refractivity contribution < 1.29 is 9.53 Å². The summed E-state index contributed by atoms with van der Waals surface area (Å²) in [6.07, 6.45) is 2.85. The first-order valence-corrected chi connectivity index (χ1v) is 9.61. The molecule has 1 aliphatic heterocycles. The van der Waals surface area contributed by atoms with Gasteiger partial charge in [-0.15, -0.1) is 0 Å². The van der Waals surface area contributed by atoms with Crippen LogP contribution in [0.25, 0.3) is 10.9 Å². The zero-order valence-corrected chi connectivity index (χ0v) is 16.1. The maximum atomic E-state index is 13.1. The van der Waals surface area contributed by atoms with Gasteiger partial charge in [0.05, 0.1) is 18.0 Å². The number of methoxy groups -OCH3 is 1. The lowest BCUT2D eigenvalue weighted by Gasteiger charge is -2.22. The topological polar surface area (TPSA) is 64.4 Å². The lowest BCUT2D eigenvalue weighted by atomic mass is 10.1. The van der Waals surface area contributed by atoms with Gasteiger partial charge >= 0.3 is 0 Å². The molecule has 144 valence electrons. The standard InChI is InChI=1S/C22H23N3O3/c1-3-24(16-8-10-17(28-2)11-9-16)21(26)15-7-12-18-19(14-15)23-20-6-4-5-13-25(20)22(18)27/h7-12,14H,3-6,13H2,1-2H3. The van der Waals surface area contributed by atoms with E-state index in [1.807, 2.05) is 31.2 Å². The van der Waals surface area contributed by atoms with Crippen LogP contribution in [0, 0.1) is 0 Å². The van der Waals surface area contributed by atoms with Crippen LogP contribution in [-0.2, 0) is 13.0 Å². The van der Waals surface area contributed by atoms with Gasteiger partial charge in [0.25, 0.3) is 11.5 Å². The van der Waals surface area contributed by atoms with Gasteiger partial charge in [-0.3, -0.25) is 14.2 Å². The van der Waals surface area contributed by atoms with Crippen molar-refractivity contribution in [3.8, 4) is 5.75 Å². The van der Waals surface area contributed by atoms with E-state index in [0.29, 0.717) is 23.0 Å². The molecule has 0 spiro atoms. The third kappa shape index (κ3) is 3.15. The molecule has 4 rings (SSSR count). The van der Waals surface area contributed by atoms with E-state index < -0.39 is 0 Å². The van der Waals surface area contributed by atoms with Crippen LogP contribution in [-0.4, -0.2) is 29.1 Å². The van der Waals surface area contributed by atoms with E-state index >= 15 is 0 Å². The highest BCUT2D eigenvalue weighted by Gasteiger charge is 2.19. The van der Waals surface area contributed by atoms with Crippen LogP contribution in [0.2, 0.25) is 0 Å². The van der Waals surface area contributed by atoms with Gasteiger partial charge in [0.1, 0.15) is 11.6 Å². The van der Waals surface area contributed by atoms with Crippen molar-refractivity contribution in [3.63, 3.8) is 0 Å². The Bertz CT molecular complexity index is 1090. The molecule has 1 aromatic heterocycles. The second-order valence-corrected chi connectivity index (χ2v) is 6.92. The summed E-state index contributed by atoms with van der Waals surface area (Å²) in [4.78, 5) is 32.2. The first kappa shape index (κ1) is 18.2. The van der Waals surface area contributed by atoms with E-state index in [9.17, 15) is 9.59 Å². The minimum Gasteiger partial charge on any atom is -0.497 e. The summed E-state index contributed by atoms with van der Waals surface area (Å²) >= 11 is 0.